The second kappa shape index (κ2) is 4.62. The Morgan fingerprint density at radius 2 is 2.00 bits per heavy atom. The summed E-state index contributed by atoms with van der Waals surface area (Å²) in [4.78, 5) is 13.7. The van der Waals surface area contributed by atoms with E-state index in [-0.39, 0.29) is 5.91 Å². The number of hydrogen-bond donors (Lipinski definition) is 0. The highest BCUT2D eigenvalue weighted by Gasteiger charge is 2.14. The Morgan fingerprint density at radius 3 is 2.60 bits per heavy atom. The fraction of sp³-hybridized carbons (Fsp3) is 0.250. The number of amides is 1. The average molecular weight is 266 g/mol. The fourth-order valence-corrected chi connectivity index (χ4v) is 1.85. The molecular weight excluding hydrogens is 254 g/mol. The van der Waals surface area contributed by atoms with Gasteiger partial charge in [0.1, 0.15) is 0 Å². The lowest BCUT2D eigenvalue weighted by Crippen LogP contribution is -2.28. The molecule has 0 radical (unpaired) electrons. The molecule has 0 N–H and O–H groups in total. The molecule has 0 unspecified atom stereocenters. The molecule has 1 heterocycles. The van der Waals surface area contributed by atoms with Crippen LogP contribution in [0.2, 0.25) is 0 Å². The van der Waals surface area contributed by atoms with Crippen molar-refractivity contribution in [3.63, 3.8) is 0 Å². The number of rotatable bonds is 1. The van der Waals surface area contributed by atoms with Crippen molar-refractivity contribution in [3.05, 3.63) is 46.6 Å². The molecular formula is C12H12BrNO. The number of carbonyl (C=O) groups excluding carboxylic acids is 1. The summed E-state index contributed by atoms with van der Waals surface area (Å²) >= 11 is 3.35. The van der Waals surface area contributed by atoms with Crippen LogP contribution < -0.4 is 0 Å². The van der Waals surface area contributed by atoms with Gasteiger partial charge in [-0.05, 0) is 37.1 Å². The smallest absolute Gasteiger partial charge is 0.257 e. The Bertz CT molecular complexity index is 383. The molecule has 1 aromatic carbocycles. The molecule has 0 aromatic heterocycles. The van der Waals surface area contributed by atoms with E-state index in [1.165, 1.54) is 0 Å². The van der Waals surface area contributed by atoms with Crippen LogP contribution in [0.3, 0.4) is 0 Å². The molecule has 0 bridgehead atoms. The quantitative estimate of drug-likeness (QED) is 0.764. The van der Waals surface area contributed by atoms with E-state index in [9.17, 15) is 4.79 Å². The van der Waals surface area contributed by atoms with Gasteiger partial charge < -0.3 is 4.90 Å². The predicted octanol–water partition coefficient (Wildman–Crippen LogP) is 3.20. The minimum Gasteiger partial charge on any atom is -0.315 e. The monoisotopic (exact) mass is 265 g/mol. The van der Waals surface area contributed by atoms with Gasteiger partial charge in [-0.1, -0.05) is 22.0 Å². The summed E-state index contributed by atoms with van der Waals surface area (Å²) in [6.45, 7) is 0.825. The van der Waals surface area contributed by atoms with E-state index >= 15 is 0 Å². The Balaban J connectivity index is 2.16. The summed E-state index contributed by atoms with van der Waals surface area (Å²) in [5.74, 6) is 0.0819. The van der Waals surface area contributed by atoms with Crippen molar-refractivity contribution in [2.75, 3.05) is 6.54 Å². The Morgan fingerprint density at radius 1 is 1.27 bits per heavy atom. The molecule has 0 saturated carbocycles. The molecule has 1 aliphatic heterocycles. The number of allylic oxidation sites excluding steroid dienone is 1. The highest BCUT2D eigenvalue weighted by Crippen LogP contribution is 2.14. The number of hydrogen-bond acceptors (Lipinski definition) is 1. The second-order valence-corrected chi connectivity index (χ2v) is 4.45. The maximum Gasteiger partial charge on any atom is 0.257 e. The molecule has 0 aliphatic carbocycles. The molecule has 1 amide bonds. The van der Waals surface area contributed by atoms with Crippen LogP contribution in [0.4, 0.5) is 0 Å². The normalized spacial score (nSPS) is 15.4. The van der Waals surface area contributed by atoms with E-state index in [1.807, 2.05) is 36.5 Å². The van der Waals surface area contributed by atoms with Crippen LogP contribution in [0.25, 0.3) is 0 Å². The van der Waals surface area contributed by atoms with Crippen molar-refractivity contribution in [1.29, 1.82) is 0 Å². The molecule has 15 heavy (non-hydrogen) atoms. The average Bonchev–Trinajstić information content (AvgIpc) is 2.30. The van der Waals surface area contributed by atoms with Gasteiger partial charge in [-0.2, -0.15) is 0 Å². The van der Waals surface area contributed by atoms with Crippen LogP contribution in [-0.2, 0) is 0 Å². The van der Waals surface area contributed by atoms with Gasteiger partial charge in [0.2, 0.25) is 0 Å². The van der Waals surface area contributed by atoms with Crippen molar-refractivity contribution in [2.45, 2.75) is 12.8 Å². The number of nitrogens with zero attached hydrogens (tertiary/aromatic N) is 1. The maximum absolute atomic E-state index is 12.0. The highest BCUT2D eigenvalue weighted by atomic mass is 79.9. The van der Waals surface area contributed by atoms with Gasteiger partial charge in [0.25, 0.3) is 5.91 Å². The van der Waals surface area contributed by atoms with Crippen LogP contribution in [-0.4, -0.2) is 17.4 Å². The van der Waals surface area contributed by atoms with Crippen molar-refractivity contribution in [1.82, 2.24) is 4.90 Å². The van der Waals surface area contributed by atoms with Crippen molar-refractivity contribution < 1.29 is 4.79 Å². The maximum atomic E-state index is 12.0. The lowest BCUT2D eigenvalue weighted by atomic mass is 10.1. The predicted molar refractivity (Wildman–Crippen MR) is 63.6 cm³/mol. The number of carbonyl (C=O) groups is 1. The van der Waals surface area contributed by atoms with Gasteiger partial charge in [0.15, 0.2) is 0 Å². The zero-order valence-electron chi connectivity index (χ0n) is 8.32. The van der Waals surface area contributed by atoms with Gasteiger partial charge in [0.05, 0.1) is 0 Å². The van der Waals surface area contributed by atoms with E-state index in [0.29, 0.717) is 0 Å². The molecule has 0 saturated heterocycles. The minimum atomic E-state index is 0.0819. The van der Waals surface area contributed by atoms with Gasteiger partial charge in [-0.25, -0.2) is 0 Å². The molecule has 1 aliphatic rings. The molecule has 78 valence electrons. The first-order chi connectivity index (χ1) is 7.27. The summed E-state index contributed by atoms with van der Waals surface area (Å²) in [6, 6.07) is 7.46. The summed E-state index contributed by atoms with van der Waals surface area (Å²) in [5.41, 5.74) is 0.741. The molecule has 2 nitrogen and oxygen atoms in total. The van der Waals surface area contributed by atoms with Crippen LogP contribution >= 0.6 is 15.9 Å². The Labute approximate surface area is 97.7 Å². The molecule has 0 atom stereocenters. The Hall–Kier alpha value is -1.09. The van der Waals surface area contributed by atoms with Crippen LogP contribution in [0.1, 0.15) is 23.2 Å². The zero-order chi connectivity index (χ0) is 10.7. The summed E-state index contributed by atoms with van der Waals surface area (Å²) in [5, 5.41) is 0. The number of benzene rings is 1. The van der Waals surface area contributed by atoms with Gasteiger partial charge in [0, 0.05) is 22.8 Å². The topological polar surface area (TPSA) is 20.3 Å². The van der Waals surface area contributed by atoms with E-state index in [4.69, 9.17) is 0 Å². The van der Waals surface area contributed by atoms with Gasteiger partial charge in [-0.3, -0.25) is 4.79 Å². The van der Waals surface area contributed by atoms with Crippen LogP contribution in [0.15, 0.2) is 41.0 Å². The summed E-state index contributed by atoms with van der Waals surface area (Å²) < 4.78 is 0.994. The van der Waals surface area contributed by atoms with E-state index in [0.717, 1.165) is 29.4 Å². The molecule has 1 aromatic rings. The molecule has 0 spiro atoms. The molecule has 2 rings (SSSR count). The molecule has 0 fully saturated rings. The first-order valence-electron chi connectivity index (χ1n) is 5.00. The SMILES string of the molecule is O=C(c1ccc(Br)cc1)N1C=CCCC1. The van der Waals surface area contributed by atoms with Crippen molar-refractivity contribution in [2.24, 2.45) is 0 Å². The summed E-state index contributed by atoms with van der Waals surface area (Å²) in [6.07, 6.45) is 6.05. The van der Waals surface area contributed by atoms with Crippen LogP contribution in [0.5, 0.6) is 0 Å². The third-order valence-electron chi connectivity index (χ3n) is 2.41. The first kappa shape index (κ1) is 10.4. The lowest BCUT2D eigenvalue weighted by molar-refractivity contribution is 0.0815. The Kier molecular flexibility index (Phi) is 3.21. The number of halogens is 1. The molecule has 3 heteroatoms. The third-order valence-corrected chi connectivity index (χ3v) is 2.94. The van der Waals surface area contributed by atoms with Crippen molar-refractivity contribution >= 4 is 21.8 Å². The highest BCUT2D eigenvalue weighted by molar-refractivity contribution is 9.10. The van der Waals surface area contributed by atoms with Crippen molar-refractivity contribution in [3.8, 4) is 0 Å². The van der Waals surface area contributed by atoms with Gasteiger partial charge in [-0.15, -0.1) is 0 Å². The second-order valence-electron chi connectivity index (χ2n) is 3.53. The standard InChI is InChI=1S/C12H12BrNO/c13-11-6-4-10(5-7-11)12(15)14-8-2-1-3-9-14/h2,4-8H,1,3,9H2. The van der Waals surface area contributed by atoms with E-state index < -0.39 is 0 Å². The first-order valence-corrected chi connectivity index (χ1v) is 5.80. The van der Waals surface area contributed by atoms with E-state index in [1.54, 1.807) is 4.90 Å². The summed E-state index contributed by atoms with van der Waals surface area (Å²) in [7, 11) is 0. The minimum absolute atomic E-state index is 0.0819. The zero-order valence-corrected chi connectivity index (χ0v) is 9.90. The fourth-order valence-electron chi connectivity index (χ4n) is 1.58. The van der Waals surface area contributed by atoms with Crippen LogP contribution in [0, 0.1) is 0 Å². The lowest BCUT2D eigenvalue weighted by Gasteiger charge is -2.21. The van der Waals surface area contributed by atoms with Gasteiger partial charge >= 0.3 is 0 Å². The third kappa shape index (κ3) is 2.48. The largest absolute Gasteiger partial charge is 0.315 e. The van der Waals surface area contributed by atoms with E-state index in [2.05, 4.69) is 15.9 Å².